The molecule has 1 N–H and O–H groups in total. The molecule has 0 saturated carbocycles. The number of hydrogen-bond donors (Lipinski definition) is 1. The average Bonchev–Trinajstić information content (AvgIpc) is 2.62. The van der Waals surface area contributed by atoms with E-state index in [1.807, 2.05) is 6.92 Å². The molecule has 0 amide bonds. The molecule has 4 heteroatoms. The van der Waals surface area contributed by atoms with Gasteiger partial charge in [0.25, 0.3) is 0 Å². The highest BCUT2D eigenvalue weighted by Crippen LogP contribution is 2.08. The summed E-state index contributed by atoms with van der Waals surface area (Å²) in [6, 6.07) is -0.146. The van der Waals surface area contributed by atoms with Crippen LogP contribution in [0.4, 0.5) is 0 Å². The predicted octanol–water partition coefficient (Wildman–Crippen LogP) is 1.40. The molecule has 1 aliphatic rings. The van der Waals surface area contributed by atoms with Crippen LogP contribution in [0.3, 0.4) is 0 Å². The van der Waals surface area contributed by atoms with Gasteiger partial charge in [-0.05, 0) is 32.4 Å². The Morgan fingerprint density at radius 3 is 2.47 bits per heavy atom. The first-order chi connectivity index (χ1) is 8.27. The number of hydrogen-bond acceptors (Lipinski definition) is 4. The standard InChI is InChI=1S/C13H26N2O2/c1-3-12(13(16)17-2)14-8-11-15-9-6-4-5-7-10-15/h12,14H,3-11H2,1-2H3. The molecule has 0 spiro atoms. The summed E-state index contributed by atoms with van der Waals surface area (Å²) in [5.74, 6) is -0.150. The summed E-state index contributed by atoms with van der Waals surface area (Å²) in [5, 5.41) is 3.27. The van der Waals surface area contributed by atoms with Crippen molar-refractivity contribution in [1.82, 2.24) is 10.2 Å². The summed E-state index contributed by atoms with van der Waals surface area (Å²) < 4.78 is 4.75. The molecule has 1 heterocycles. The summed E-state index contributed by atoms with van der Waals surface area (Å²) in [6.07, 6.45) is 6.14. The van der Waals surface area contributed by atoms with Crippen LogP contribution in [0.25, 0.3) is 0 Å². The SMILES string of the molecule is CCC(NCCN1CCCCCC1)C(=O)OC. The van der Waals surface area contributed by atoms with Crippen molar-refractivity contribution in [3.63, 3.8) is 0 Å². The molecular formula is C13H26N2O2. The number of ether oxygens (including phenoxy) is 1. The number of nitrogens with one attached hydrogen (secondary N) is 1. The number of nitrogens with zero attached hydrogens (tertiary/aromatic N) is 1. The first kappa shape index (κ1) is 14.5. The van der Waals surface area contributed by atoms with Gasteiger partial charge in [0.05, 0.1) is 7.11 Å². The summed E-state index contributed by atoms with van der Waals surface area (Å²) in [5.41, 5.74) is 0. The Kier molecular flexibility index (Phi) is 7.21. The van der Waals surface area contributed by atoms with Crippen LogP contribution in [0.2, 0.25) is 0 Å². The van der Waals surface area contributed by atoms with E-state index in [2.05, 4.69) is 10.2 Å². The fourth-order valence-corrected chi connectivity index (χ4v) is 2.29. The van der Waals surface area contributed by atoms with Crippen molar-refractivity contribution < 1.29 is 9.53 Å². The summed E-state index contributed by atoms with van der Waals surface area (Å²) in [6.45, 7) is 6.31. The summed E-state index contributed by atoms with van der Waals surface area (Å²) >= 11 is 0. The molecule has 1 aliphatic heterocycles. The van der Waals surface area contributed by atoms with Crippen LogP contribution in [0.5, 0.6) is 0 Å². The fraction of sp³-hybridized carbons (Fsp3) is 0.923. The van der Waals surface area contributed by atoms with Gasteiger partial charge in [-0.3, -0.25) is 4.79 Å². The lowest BCUT2D eigenvalue weighted by Crippen LogP contribution is -2.41. The molecule has 1 fully saturated rings. The molecule has 1 saturated heterocycles. The number of rotatable bonds is 6. The summed E-state index contributed by atoms with van der Waals surface area (Å²) in [7, 11) is 1.45. The number of carbonyl (C=O) groups excluding carboxylic acids is 1. The van der Waals surface area contributed by atoms with E-state index in [0.717, 1.165) is 19.5 Å². The highest BCUT2D eigenvalue weighted by Gasteiger charge is 2.16. The first-order valence-electron chi connectivity index (χ1n) is 6.81. The van der Waals surface area contributed by atoms with Crippen molar-refractivity contribution in [2.24, 2.45) is 0 Å². The second-order valence-electron chi connectivity index (χ2n) is 4.69. The van der Waals surface area contributed by atoms with E-state index < -0.39 is 0 Å². The van der Waals surface area contributed by atoms with Crippen molar-refractivity contribution in [2.75, 3.05) is 33.3 Å². The Balaban J connectivity index is 2.18. The topological polar surface area (TPSA) is 41.6 Å². The average molecular weight is 242 g/mol. The van der Waals surface area contributed by atoms with Crippen LogP contribution in [0.1, 0.15) is 39.0 Å². The van der Waals surface area contributed by atoms with E-state index in [-0.39, 0.29) is 12.0 Å². The third-order valence-electron chi connectivity index (χ3n) is 3.41. The summed E-state index contributed by atoms with van der Waals surface area (Å²) in [4.78, 5) is 13.9. The smallest absolute Gasteiger partial charge is 0.322 e. The number of esters is 1. The van der Waals surface area contributed by atoms with Gasteiger partial charge in [-0.25, -0.2) is 0 Å². The van der Waals surface area contributed by atoms with Crippen molar-refractivity contribution in [3.8, 4) is 0 Å². The first-order valence-corrected chi connectivity index (χ1v) is 6.81. The molecule has 1 unspecified atom stereocenters. The molecule has 0 bridgehead atoms. The third kappa shape index (κ3) is 5.50. The molecule has 0 radical (unpaired) electrons. The van der Waals surface area contributed by atoms with Crippen molar-refractivity contribution in [2.45, 2.75) is 45.1 Å². The van der Waals surface area contributed by atoms with Gasteiger partial charge < -0.3 is 15.0 Å². The van der Waals surface area contributed by atoms with Crippen LogP contribution in [0.15, 0.2) is 0 Å². The second kappa shape index (κ2) is 8.48. The molecule has 4 nitrogen and oxygen atoms in total. The maximum absolute atomic E-state index is 11.4. The molecule has 17 heavy (non-hydrogen) atoms. The Morgan fingerprint density at radius 2 is 1.94 bits per heavy atom. The van der Waals surface area contributed by atoms with E-state index in [1.54, 1.807) is 0 Å². The van der Waals surface area contributed by atoms with E-state index in [4.69, 9.17) is 4.74 Å². The van der Waals surface area contributed by atoms with E-state index in [1.165, 1.54) is 45.9 Å². The molecule has 0 aromatic heterocycles. The lowest BCUT2D eigenvalue weighted by atomic mass is 10.2. The zero-order valence-electron chi connectivity index (χ0n) is 11.2. The van der Waals surface area contributed by atoms with Gasteiger partial charge in [0, 0.05) is 13.1 Å². The van der Waals surface area contributed by atoms with E-state index in [9.17, 15) is 4.79 Å². The lowest BCUT2D eigenvalue weighted by molar-refractivity contribution is -0.143. The minimum atomic E-state index is -0.150. The Bertz CT molecular complexity index is 213. The van der Waals surface area contributed by atoms with Gasteiger partial charge in [-0.15, -0.1) is 0 Å². The van der Waals surface area contributed by atoms with Gasteiger partial charge in [0.15, 0.2) is 0 Å². The molecule has 0 aromatic rings. The second-order valence-corrected chi connectivity index (χ2v) is 4.69. The minimum absolute atomic E-state index is 0.146. The van der Waals surface area contributed by atoms with Crippen LogP contribution < -0.4 is 5.32 Å². The number of methoxy groups -OCH3 is 1. The number of likely N-dealkylation sites (tertiary alicyclic amines) is 1. The van der Waals surface area contributed by atoms with Gasteiger partial charge in [0.2, 0.25) is 0 Å². The zero-order valence-corrected chi connectivity index (χ0v) is 11.2. The van der Waals surface area contributed by atoms with Crippen molar-refractivity contribution in [1.29, 1.82) is 0 Å². The monoisotopic (exact) mass is 242 g/mol. The Morgan fingerprint density at radius 1 is 1.29 bits per heavy atom. The van der Waals surface area contributed by atoms with Crippen molar-refractivity contribution in [3.05, 3.63) is 0 Å². The van der Waals surface area contributed by atoms with Crippen molar-refractivity contribution >= 4 is 5.97 Å². The molecule has 0 aromatic carbocycles. The van der Waals surface area contributed by atoms with Crippen LogP contribution in [-0.2, 0) is 9.53 Å². The minimum Gasteiger partial charge on any atom is -0.468 e. The molecule has 100 valence electrons. The van der Waals surface area contributed by atoms with Gasteiger partial charge >= 0.3 is 5.97 Å². The zero-order chi connectivity index (χ0) is 12.5. The third-order valence-corrected chi connectivity index (χ3v) is 3.41. The highest BCUT2D eigenvalue weighted by molar-refractivity contribution is 5.75. The van der Waals surface area contributed by atoms with E-state index in [0.29, 0.717) is 0 Å². The fourth-order valence-electron chi connectivity index (χ4n) is 2.29. The van der Waals surface area contributed by atoms with Crippen LogP contribution in [0, 0.1) is 0 Å². The van der Waals surface area contributed by atoms with E-state index >= 15 is 0 Å². The maximum atomic E-state index is 11.4. The van der Waals surface area contributed by atoms with Crippen LogP contribution in [-0.4, -0.2) is 50.2 Å². The van der Waals surface area contributed by atoms with Crippen LogP contribution >= 0.6 is 0 Å². The molecule has 1 rings (SSSR count). The predicted molar refractivity (Wildman–Crippen MR) is 69.0 cm³/mol. The number of carbonyl (C=O) groups is 1. The lowest BCUT2D eigenvalue weighted by Gasteiger charge is -2.21. The van der Waals surface area contributed by atoms with Gasteiger partial charge in [-0.1, -0.05) is 19.8 Å². The quantitative estimate of drug-likeness (QED) is 0.715. The van der Waals surface area contributed by atoms with Gasteiger partial charge in [-0.2, -0.15) is 0 Å². The highest BCUT2D eigenvalue weighted by atomic mass is 16.5. The molecule has 1 atom stereocenters. The maximum Gasteiger partial charge on any atom is 0.322 e. The molecular weight excluding hydrogens is 216 g/mol. The Hall–Kier alpha value is -0.610. The largest absolute Gasteiger partial charge is 0.468 e. The van der Waals surface area contributed by atoms with Gasteiger partial charge in [0.1, 0.15) is 6.04 Å². The molecule has 0 aliphatic carbocycles. The Labute approximate surface area is 105 Å². The normalized spacial score (nSPS) is 19.6.